The van der Waals surface area contributed by atoms with E-state index in [1.807, 2.05) is 0 Å². The highest BCUT2D eigenvalue weighted by molar-refractivity contribution is 6.29. The first-order valence-electron chi connectivity index (χ1n) is 8.61. The van der Waals surface area contributed by atoms with Crippen molar-refractivity contribution >= 4 is 17.8 Å². The van der Waals surface area contributed by atoms with Gasteiger partial charge in [0.2, 0.25) is 0 Å². The molecule has 1 aliphatic heterocycles. The van der Waals surface area contributed by atoms with Gasteiger partial charge in [0.05, 0.1) is 6.04 Å². The van der Waals surface area contributed by atoms with Crippen molar-refractivity contribution in [1.29, 1.82) is 0 Å². The van der Waals surface area contributed by atoms with E-state index >= 15 is 0 Å². The standard InChI is InChI=1S/C19H16ClF6N3/c20-16-8-13(7-15(29-16)18(21,22)23)17(19(24,25)26)9-14(28-10-17)12-3-1-11(2-4-12)5-6-27/h1-4,7-8,10,14H,5-6,9,27H2. The van der Waals surface area contributed by atoms with Crippen molar-refractivity contribution < 1.29 is 26.3 Å². The summed E-state index contributed by atoms with van der Waals surface area (Å²) in [5.41, 5.74) is 2.13. The lowest BCUT2D eigenvalue weighted by Gasteiger charge is -2.31. The molecule has 0 saturated heterocycles. The molecule has 2 aromatic rings. The number of aromatic nitrogens is 1. The summed E-state index contributed by atoms with van der Waals surface area (Å²) in [5.74, 6) is 0. The maximum atomic E-state index is 14.1. The van der Waals surface area contributed by atoms with E-state index in [1.54, 1.807) is 24.3 Å². The van der Waals surface area contributed by atoms with E-state index in [-0.39, 0.29) is 0 Å². The SMILES string of the molecule is NCCc1ccc(C2CC(c3cc(Cl)nc(C(F)(F)F)c3)(C(F)(F)F)C=N2)cc1. The summed E-state index contributed by atoms with van der Waals surface area (Å²) in [6, 6.07) is 7.14. The van der Waals surface area contributed by atoms with Crippen LogP contribution in [-0.4, -0.2) is 23.9 Å². The van der Waals surface area contributed by atoms with Crippen LogP contribution in [0.15, 0.2) is 41.4 Å². The average Bonchev–Trinajstić information content (AvgIpc) is 3.08. The van der Waals surface area contributed by atoms with E-state index in [0.29, 0.717) is 30.8 Å². The predicted molar refractivity (Wildman–Crippen MR) is 97.0 cm³/mol. The summed E-state index contributed by atoms with van der Waals surface area (Å²) in [6.45, 7) is 0.433. The molecule has 10 heteroatoms. The summed E-state index contributed by atoms with van der Waals surface area (Å²) in [4.78, 5) is 7.10. The Kier molecular flexibility index (Phi) is 5.66. The Hall–Kier alpha value is -2.13. The van der Waals surface area contributed by atoms with Gasteiger partial charge in [-0.25, -0.2) is 4.98 Å². The van der Waals surface area contributed by atoms with Gasteiger partial charge in [-0.05, 0) is 48.2 Å². The molecular weight excluding hydrogens is 420 g/mol. The molecular formula is C19H16ClF6N3. The van der Waals surface area contributed by atoms with Gasteiger partial charge in [0.25, 0.3) is 0 Å². The van der Waals surface area contributed by atoms with Gasteiger partial charge in [-0.1, -0.05) is 35.9 Å². The molecule has 0 aliphatic carbocycles. The molecule has 3 rings (SSSR count). The summed E-state index contributed by atoms with van der Waals surface area (Å²) in [5, 5.41) is -0.665. The highest BCUT2D eigenvalue weighted by Crippen LogP contribution is 2.51. The molecule has 1 aromatic carbocycles. The smallest absolute Gasteiger partial charge is 0.330 e. The van der Waals surface area contributed by atoms with Crippen LogP contribution in [0.4, 0.5) is 26.3 Å². The number of alkyl halides is 6. The van der Waals surface area contributed by atoms with Gasteiger partial charge in [0, 0.05) is 6.21 Å². The zero-order valence-corrected chi connectivity index (χ0v) is 15.6. The molecule has 0 amide bonds. The van der Waals surface area contributed by atoms with Crippen LogP contribution in [0.25, 0.3) is 0 Å². The third-order valence-corrected chi connectivity index (χ3v) is 5.09. The molecule has 0 spiro atoms. The first-order valence-corrected chi connectivity index (χ1v) is 8.99. The molecule has 2 atom stereocenters. The van der Waals surface area contributed by atoms with E-state index in [1.165, 1.54) is 0 Å². The second-order valence-electron chi connectivity index (χ2n) is 6.81. The van der Waals surface area contributed by atoms with Crippen molar-refractivity contribution in [2.75, 3.05) is 6.54 Å². The normalized spacial score (nSPS) is 22.3. The first kappa shape index (κ1) is 21.6. The van der Waals surface area contributed by atoms with Crippen LogP contribution in [0.5, 0.6) is 0 Å². The fourth-order valence-corrected chi connectivity index (χ4v) is 3.56. The highest BCUT2D eigenvalue weighted by atomic mass is 35.5. The number of aliphatic imine (C=N–C) groups is 1. The predicted octanol–water partition coefficient (Wildman–Crippen LogP) is 5.27. The number of nitrogens with two attached hydrogens (primary N) is 1. The van der Waals surface area contributed by atoms with Crippen LogP contribution in [0.2, 0.25) is 5.15 Å². The monoisotopic (exact) mass is 435 g/mol. The first-order chi connectivity index (χ1) is 13.5. The second kappa shape index (κ2) is 7.60. The maximum Gasteiger partial charge on any atom is 0.433 e. The average molecular weight is 436 g/mol. The maximum absolute atomic E-state index is 14.1. The molecule has 0 bridgehead atoms. The summed E-state index contributed by atoms with van der Waals surface area (Å²) in [7, 11) is 0. The molecule has 1 aliphatic rings. The molecule has 3 nitrogen and oxygen atoms in total. The Labute approximate surface area is 167 Å². The molecule has 29 heavy (non-hydrogen) atoms. The van der Waals surface area contributed by atoms with Gasteiger partial charge in [-0.15, -0.1) is 0 Å². The fraction of sp³-hybridized carbons (Fsp3) is 0.368. The molecule has 2 heterocycles. The topological polar surface area (TPSA) is 51.3 Å². The second-order valence-corrected chi connectivity index (χ2v) is 7.20. The molecule has 2 N–H and O–H groups in total. The van der Waals surface area contributed by atoms with Crippen molar-refractivity contribution in [1.82, 2.24) is 4.98 Å². The zero-order chi connectivity index (χ0) is 21.4. The Morgan fingerprint density at radius 1 is 1.07 bits per heavy atom. The van der Waals surface area contributed by atoms with E-state index in [2.05, 4.69) is 9.98 Å². The summed E-state index contributed by atoms with van der Waals surface area (Å²) >= 11 is 5.61. The molecule has 0 radical (unpaired) electrons. The van der Waals surface area contributed by atoms with Crippen molar-refractivity contribution in [2.24, 2.45) is 10.7 Å². The van der Waals surface area contributed by atoms with Crippen LogP contribution in [0.3, 0.4) is 0 Å². The summed E-state index contributed by atoms with van der Waals surface area (Å²) in [6.07, 6.45) is -9.07. The van der Waals surface area contributed by atoms with Gasteiger partial charge >= 0.3 is 12.4 Å². The highest BCUT2D eigenvalue weighted by Gasteiger charge is 2.58. The van der Waals surface area contributed by atoms with Gasteiger partial charge in [-0.2, -0.15) is 26.3 Å². The molecule has 0 saturated carbocycles. The third-order valence-electron chi connectivity index (χ3n) is 4.89. The van der Waals surface area contributed by atoms with Crippen LogP contribution in [0.1, 0.15) is 34.8 Å². The number of halogens is 7. The Balaban J connectivity index is 2.01. The number of hydrogen-bond acceptors (Lipinski definition) is 3. The Morgan fingerprint density at radius 3 is 2.28 bits per heavy atom. The van der Waals surface area contributed by atoms with E-state index in [4.69, 9.17) is 17.3 Å². The van der Waals surface area contributed by atoms with Gasteiger partial charge < -0.3 is 5.73 Å². The van der Waals surface area contributed by atoms with Crippen LogP contribution >= 0.6 is 11.6 Å². The number of nitrogens with zero attached hydrogens (tertiary/aromatic N) is 2. The number of rotatable bonds is 4. The van der Waals surface area contributed by atoms with Gasteiger partial charge in [0.1, 0.15) is 16.3 Å². The van der Waals surface area contributed by atoms with Crippen LogP contribution in [-0.2, 0) is 18.0 Å². The lowest BCUT2D eigenvalue weighted by Crippen LogP contribution is -2.42. The number of benzene rings is 1. The van der Waals surface area contributed by atoms with Crippen LogP contribution in [0, 0.1) is 0 Å². The van der Waals surface area contributed by atoms with Crippen molar-refractivity contribution in [3.05, 3.63) is 63.9 Å². The lowest BCUT2D eigenvalue weighted by molar-refractivity contribution is -0.169. The van der Waals surface area contributed by atoms with E-state index < -0.39 is 46.6 Å². The molecule has 156 valence electrons. The van der Waals surface area contributed by atoms with Gasteiger partial charge in [-0.3, -0.25) is 4.99 Å². The minimum absolute atomic E-state index is 0.387. The van der Waals surface area contributed by atoms with Crippen molar-refractivity contribution in [2.45, 2.75) is 36.7 Å². The van der Waals surface area contributed by atoms with Crippen molar-refractivity contribution in [3.8, 4) is 0 Å². The number of hydrogen-bond donors (Lipinski definition) is 1. The fourth-order valence-electron chi connectivity index (χ4n) is 3.35. The minimum atomic E-state index is -4.93. The minimum Gasteiger partial charge on any atom is -0.330 e. The Bertz CT molecular complexity index is 908. The third kappa shape index (κ3) is 4.25. The van der Waals surface area contributed by atoms with E-state index in [0.717, 1.165) is 11.6 Å². The number of pyridine rings is 1. The molecule has 1 aromatic heterocycles. The molecule has 2 unspecified atom stereocenters. The van der Waals surface area contributed by atoms with Crippen LogP contribution < -0.4 is 5.73 Å². The molecule has 0 fully saturated rings. The quantitative estimate of drug-likeness (QED) is 0.525. The van der Waals surface area contributed by atoms with E-state index in [9.17, 15) is 26.3 Å². The van der Waals surface area contributed by atoms with Crippen molar-refractivity contribution in [3.63, 3.8) is 0 Å². The zero-order valence-electron chi connectivity index (χ0n) is 14.9. The summed E-state index contributed by atoms with van der Waals surface area (Å²) < 4.78 is 81.4. The largest absolute Gasteiger partial charge is 0.433 e. The lowest BCUT2D eigenvalue weighted by atomic mass is 9.77. The Morgan fingerprint density at radius 2 is 1.72 bits per heavy atom. The van der Waals surface area contributed by atoms with Gasteiger partial charge in [0.15, 0.2) is 0 Å².